The maximum atomic E-state index is 10.9. The molecule has 1 aromatic heterocycles. The molecule has 3 aromatic rings. The molecule has 0 radical (unpaired) electrons. The zero-order chi connectivity index (χ0) is 19.4. The number of aromatic amines is 1. The molecular formula is C21H21Br2NO3. The lowest BCUT2D eigenvalue weighted by Gasteiger charge is -2.12. The summed E-state index contributed by atoms with van der Waals surface area (Å²) in [4.78, 5) is 14.3. The van der Waals surface area contributed by atoms with Crippen LogP contribution in [0.25, 0.3) is 10.9 Å². The van der Waals surface area contributed by atoms with E-state index in [0.29, 0.717) is 20.3 Å². The van der Waals surface area contributed by atoms with Gasteiger partial charge in [0.2, 0.25) is 0 Å². The fourth-order valence-corrected chi connectivity index (χ4v) is 4.54. The third kappa shape index (κ3) is 4.93. The van der Waals surface area contributed by atoms with Gasteiger partial charge < -0.3 is 14.8 Å². The number of halogens is 2. The Hall–Kier alpha value is -1.79. The fraction of sp³-hybridized carbons (Fsp3) is 0.286. The first-order valence-corrected chi connectivity index (χ1v) is 10.5. The predicted molar refractivity (Wildman–Crippen MR) is 115 cm³/mol. The summed E-state index contributed by atoms with van der Waals surface area (Å²) in [6.45, 7) is 2.21. The van der Waals surface area contributed by atoms with Crippen LogP contribution < -0.4 is 4.74 Å². The molecule has 1 heterocycles. The quantitative estimate of drug-likeness (QED) is 0.337. The number of fused-ring (bicyclic) bond motifs is 1. The second kappa shape index (κ2) is 8.93. The van der Waals surface area contributed by atoms with E-state index >= 15 is 0 Å². The molecule has 2 N–H and O–H groups in total. The van der Waals surface area contributed by atoms with Crippen molar-refractivity contribution in [2.24, 2.45) is 0 Å². The molecular weight excluding hydrogens is 474 g/mol. The number of aryl methyl sites for hydroxylation is 1. The third-order valence-electron chi connectivity index (χ3n) is 4.42. The molecule has 0 spiro atoms. The monoisotopic (exact) mass is 493 g/mol. The Balaban J connectivity index is 1.86. The number of benzene rings is 2. The number of nitrogens with one attached hydrogen (secondary N) is 1. The summed E-state index contributed by atoms with van der Waals surface area (Å²) in [5.41, 5.74) is 3.11. The van der Waals surface area contributed by atoms with E-state index in [0.717, 1.165) is 17.7 Å². The van der Waals surface area contributed by atoms with E-state index in [-0.39, 0.29) is 6.42 Å². The molecule has 0 aliphatic rings. The Morgan fingerprint density at radius 3 is 2.56 bits per heavy atom. The van der Waals surface area contributed by atoms with Gasteiger partial charge in [-0.2, -0.15) is 0 Å². The van der Waals surface area contributed by atoms with Crippen LogP contribution in [0.15, 0.2) is 45.5 Å². The number of hydrogen-bond donors (Lipinski definition) is 2. The summed E-state index contributed by atoms with van der Waals surface area (Å²) in [5, 5.41) is 10.2. The number of H-pyrrole nitrogens is 1. The molecule has 4 nitrogen and oxygen atoms in total. The number of unbranched alkanes of at least 4 members (excludes halogenated alkanes) is 2. The smallest absolute Gasteiger partial charge is 0.307 e. The molecule has 0 saturated heterocycles. The van der Waals surface area contributed by atoms with Gasteiger partial charge in [0.25, 0.3) is 0 Å². The molecule has 0 amide bonds. The molecule has 2 aromatic carbocycles. The van der Waals surface area contributed by atoms with Crippen LogP contribution in [0, 0.1) is 0 Å². The highest BCUT2D eigenvalue weighted by Gasteiger charge is 2.13. The number of rotatable bonds is 8. The van der Waals surface area contributed by atoms with Crippen molar-refractivity contribution < 1.29 is 14.6 Å². The number of aliphatic carboxylic acids is 1. The van der Waals surface area contributed by atoms with Gasteiger partial charge in [-0.3, -0.25) is 4.79 Å². The van der Waals surface area contributed by atoms with Crippen molar-refractivity contribution in [1.29, 1.82) is 0 Å². The SMILES string of the molecule is CCCCCc1c[nH]c2ccc(Oc3c(Br)cc(CC(=O)O)cc3Br)cc12. The summed E-state index contributed by atoms with van der Waals surface area (Å²) in [6, 6.07) is 9.56. The standard InChI is InChI=1S/C21H21Br2NO3/c1-2-3-4-5-14-12-24-19-7-6-15(11-16(14)19)27-21-17(22)8-13(9-18(21)23)10-20(25)26/h6-9,11-12,24H,2-5,10H2,1H3,(H,25,26). The van der Waals surface area contributed by atoms with E-state index in [4.69, 9.17) is 9.84 Å². The minimum Gasteiger partial charge on any atom is -0.481 e. The Labute approximate surface area is 175 Å². The van der Waals surface area contributed by atoms with Crippen molar-refractivity contribution in [2.75, 3.05) is 0 Å². The van der Waals surface area contributed by atoms with Gasteiger partial charge in [0.15, 0.2) is 5.75 Å². The van der Waals surface area contributed by atoms with Gasteiger partial charge in [-0.15, -0.1) is 0 Å². The van der Waals surface area contributed by atoms with Crippen molar-refractivity contribution in [1.82, 2.24) is 4.98 Å². The zero-order valence-electron chi connectivity index (χ0n) is 15.0. The fourth-order valence-electron chi connectivity index (χ4n) is 3.10. The molecule has 27 heavy (non-hydrogen) atoms. The van der Waals surface area contributed by atoms with Gasteiger partial charge in [0.05, 0.1) is 15.4 Å². The average Bonchev–Trinajstić information content (AvgIpc) is 3.00. The first-order valence-electron chi connectivity index (χ1n) is 8.95. The summed E-state index contributed by atoms with van der Waals surface area (Å²) < 4.78 is 7.53. The third-order valence-corrected chi connectivity index (χ3v) is 5.60. The molecule has 0 saturated carbocycles. The van der Waals surface area contributed by atoms with Gasteiger partial charge in [-0.1, -0.05) is 19.8 Å². The summed E-state index contributed by atoms with van der Waals surface area (Å²) in [7, 11) is 0. The van der Waals surface area contributed by atoms with E-state index in [1.165, 1.54) is 30.2 Å². The van der Waals surface area contributed by atoms with Crippen LogP contribution >= 0.6 is 31.9 Å². The van der Waals surface area contributed by atoms with E-state index in [2.05, 4.69) is 56.0 Å². The highest BCUT2D eigenvalue weighted by molar-refractivity contribution is 9.11. The molecule has 0 fully saturated rings. The maximum absolute atomic E-state index is 10.9. The molecule has 6 heteroatoms. The van der Waals surface area contributed by atoms with E-state index < -0.39 is 5.97 Å². The first kappa shape index (κ1) is 20.0. The van der Waals surface area contributed by atoms with Crippen LogP contribution in [0.4, 0.5) is 0 Å². The minimum atomic E-state index is -0.865. The number of carboxylic acid groups (broad SMARTS) is 1. The van der Waals surface area contributed by atoms with Crippen molar-refractivity contribution in [3.63, 3.8) is 0 Å². The van der Waals surface area contributed by atoms with Crippen LogP contribution in [-0.2, 0) is 17.6 Å². The van der Waals surface area contributed by atoms with Crippen LogP contribution in [-0.4, -0.2) is 16.1 Å². The lowest BCUT2D eigenvalue weighted by molar-refractivity contribution is -0.136. The highest BCUT2D eigenvalue weighted by atomic mass is 79.9. The summed E-state index contributed by atoms with van der Waals surface area (Å²) in [5.74, 6) is 0.508. The van der Waals surface area contributed by atoms with Gasteiger partial charge in [-0.25, -0.2) is 0 Å². The normalized spacial score (nSPS) is 11.1. The zero-order valence-corrected chi connectivity index (χ0v) is 18.2. The maximum Gasteiger partial charge on any atom is 0.307 e. The second-order valence-electron chi connectivity index (χ2n) is 6.54. The van der Waals surface area contributed by atoms with Crippen molar-refractivity contribution >= 4 is 48.7 Å². The number of aromatic nitrogens is 1. The first-order chi connectivity index (χ1) is 13.0. The van der Waals surface area contributed by atoms with Crippen LogP contribution in [0.2, 0.25) is 0 Å². The van der Waals surface area contributed by atoms with Crippen molar-refractivity contribution in [3.05, 3.63) is 56.6 Å². The lowest BCUT2D eigenvalue weighted by atomic mass is 10.1. The molecule has 0 atom stereocenters. The molecule has 142 valence electrons. The summed E-state index contributed by atoms with van der Waals surface area (Å²) >= 11 is 6.98. The number of carbonyl (C=O) groups is 1. The topological polar surface area (TPSA) is 62.3 Å². The molecule has 0 aliphatic heterocycles. The van der Waals surface area contributed by atoms with Gasteiger partial charge >= 0.3 is 5.97 Å². The van der Waals surface area contributed by atoms with E-state index in [1.54, 1.807) is 12.1 Å². The van der Waals surface area contributed by atoms with E-state index in [1.807, 2.05) is 12.1 Å². The van der Waals surface area contributed by atoms with Gasteiger partial charge in [0.1, 0.15) is 5.75 Å². The Bertz CT molecular complexity index is 942. The Kier molecular flexibility index (Phi) is 6.60. The van der Waals surface area contributed by atoms with E-state index in [9.17, 15) is 4.79 Å². The number of ether oxygens (including phenoxy) is 1. The number of hydrogen-bond acceptors (Lipinski definition) is 2. The second-order valence-corrected chi connectivity index (χ2v) is 8.25. The van der Waals surface area contributed by atoms with Crippen molar-refractivity contribution in [2.45, 2.75) is 39.0 Å². The number of carboxylic acids is 1. The molecule has 0 aliphatic carbocycles. The Morgan fingerprint density at radius 2 is 1.89 bits per heavy atom. The molecule has 3 rings (SSSR count). The van der Waals surface area contributed by atoms with Crippen LogP contribution in [0.3, 0.4) is 0 Å². The largest absolute Gasteiger partial charge is 0.481 e. The predicted octanol–water partition coefficient (Wildman–Crippen LogP) is 6.85. The van der Waals surface area contributed by atoms with Gasteiger partial charge in [-0.05, 0) is 86.2 Å². The highest BCUT2D eigenvalue weighted by Crippen LogP contribution is 2.39. The summed E-state index contributed by atoms with van der Waals surface area (Å²) in [6.07, 6.45) is 6.71. The lowest BCUT2D eigenvalue weighted by Crippen LogP contribution is -2.00. The van der Waals surface area contributed by atoms with Crippen molar-refractivity contribution in [3.8, 4) is 11.5 Å². The minimum absolute atomic E-state index is 0.0338. The van der Waals surface area contributed by atoms with Gasteiger partial charge in [0, 0.05) is 17.1 Å². The van der Waals surface area contributed by atoms with Crippen LogP contribution in [0.1, 0.15) is 37.3 Å². The Morgan fingerprint density at radius 1 is 1.15 bits per heavy atom. The van der Waals surface area contributed by atoms with Crippen LogP contribution in [0.5, 0.6) is 11.5 Å². The average molecular weight is 495 g/mol. The molecule has 0 bridgehead atoms. The molecule has 0 unspecified atom stereocenters.